The van der Waals surface area contributed by atoms with E-state index in [0.717, 1.165) is 29.2 Å². The van der Waals surface area contributed by atoms with Crippen molar-refractivity contribution in [2.75, 3.05) is 33.5 Å². The summed E-state index contributed by atoms with van der Waals surface area (Å²) >= 11 is 7.43. The monoisotopic (exact) mass is 473 g/mol. The van der Waals surface area contributed by atoms with Crippen molar-refractivity contribution in [3.8, 4) is 11.4 Å². The highest BCUT2D eigenvalue weighted by Gasteiger charge is 2.21. The van der Waals surface area contributed by atoms with Gasteiger partial charge in [-0.1, -0.05) is 35.5 Å². The molecule has 9 heteroatoms. The first-order chi connectivity index (χ1) is 15.4. The number of hydrogen-bond acceptors (Lipinski definition) is 6. The van der Waals surface area contributed by atoms with E-state index in [1.807, 2.05) is 67.2 Å². The van der Waals surface area contributed by atoms with Crippen molar-refractivity contribution in [3.05, 3.63) is 64.9 Å². The summed E-state index contributed by atoms with van der Waals surface area (Å²) in [5.74, 6) is 1.84. The summed E-state index contributed by atoms with van der Waals surface area (Å²) in [4.78, 5) is 14.5. The van der Waals surface area contributed by atoms with Crippen LogP contribution >= 0.6 is 23.4 Å². The minimum Gasteiger partial charge on any atom is -0.497 e. The maximum Gasteiger partial charge on any atom is 0.230 e. The SMILES string of the molecule is COc1ccc(CCNC(=O)CSc2nnc(C(C)N(C)C)n2-c2ccc(Cl)cc2)cc1. The summed E-state index contributed by atoms with van der Waals surface area (Å²) < 4.78 is 7.15. The van der Waals surface area contributed by atoms with E-state index >= 15 is 0 Å². The zero-order chi connectivity index (χ0) is 23.1. The number of aromatic nitrogens is 3. The molecule has 1 aromatic heterocycles. The smallest absolute Gasteiger partial charge is 0.230 e. The molecular weight excluding hydrogens is 446 g/mol. The number of ether oxygens (including phenoxy) is 1. The lowest BCUT2D eigenvalue weighted by Crippen LogP contribution is -2.27. The molecule has 1 heterocycles. The number of thioether (sulfide) groups is 1. The first-order valence-electron chi connectivity index (χ1n) is 10.3. The molecule has 7 nitrogen and oxygen atoms in total. The summed E-state index contributed by atoms with van der Waals surface area (Å²) in [5.41, 5.74) is 2.05. The molecule has 32 heavy (non-hydrogen) atoms. The van der Waals surface area contributed by atoms with Crippen molar-refractivity contribution in [1.82, 2.24) is 25.0 Å². The van der Waals surface area contributed by atoms with Gasteiger partial charge in [-0.05, 0) is 69.4 Å². The van der Waals surface area contributed by atoms with Gasteiger partial charge in [-0.2, -0.15) is 0 Å². The highest BCUT2D eigenvalue weighted by Crippen LogP contribution is 2.27. The van der Waals surface area contributed by atoms with Crippen LogP contribution in [0.1, 0.15) is 24.4 Å². The van der Waals surface area contributed by atoms with E-state index < -0.39 is 0 Å². The number of carbonyl (C=O) groups is 1. The third kappa shape index (κ3) is 6.25. The molecule has 1 amide bonds. The molecule has 0 aliphatic carbocycles. The topological polar surface area (TPSA) is 72.3 Å². The predicted molar refractivity (Wildman–Crippen MR) is 129 cm³/mol. The van der Waals surface area contributed by atoms with Gasteiger partial charge in [-0.15, -0.1) is 10.2 Å². The number of methoxy groups -OCH3 is 1. The number of rotatable bonds is 10. The lowest BCUT2D eigenvalue weighted by Gasteiger charge is -2.20. The molecule has 1 atom stereocenters. The summed E-state index contributed by atoms with van der Waals surface area (Å²) in [5, 5.41) is 13.1. The Hall–Kier alpha value is -2.55. The molecule has 2 aromatic carbocycles. The fraction of sp³-hybridized carbons (Fsp3) is 0.348. The highest BCUT2D eigenvalue weighted by atomic mass is 35.5. The molecule has 1 unspecified atom stereocenters. The summed E-state index contributed by atoms with van der Waals surface area (Å²) in [7, 11) is 5.63. The Morgan fingerprint density at radius 3 is 2.47 bits per heavy atom. The van der Waals surface area contributed by atoms with Crippen LogP contribution in [-0.2, 0) is 11.2 Å². The maximum atomic E-state index is 12.4. The molecular formula is C23H28ClN5O2S. The molecule has 3 aromatic rings. The Morgan fingerprint density at radius 1 is 1.16 bits per heavy atom. The van der Waals surface area contributed by atoms with Crippen LogP contribution in [0, 0.1) is 0 Å². The van der Waals surface area contributed by atoms with Gasteiger partial charge in [-0.3, -0.25) is 14.3 Å². The molecule has 1 N–H and O–H groups in total. The van der Waals surface area contributed by atoms with Crippen LogP contribution in [0.3, 0.4) is 0 Å². The van der Waals surface area contributed by atoms with Gasteiger partial charge in [-0.25, -0.2) is 0 Å². The van der Waals surface area contributed by atoms with E-state index in [9.17, 15) is 4.79 Å². The third-order valence-electron chi connectivity index (χ3n) is 5.12. The number of nitrogens with one attached hydrogen (secondary N) is 1. The predicted octanol–water partition coefficient (Wildman–Crippen LogP) is 4.00. The van der Waals surface area contributed by atoms with Crippen LogP contribution in [0.25, 0.3) is 5.69 Å². The van der Waals surface area contributed by atoms with Crippen LogP contribution in [0.2, 0.25) is 5.02 Å². The largest absolute Gasteiger partial charge is 0.497 e. The summed E-state index contributed by atoms with van der Waals surface area (Å²) in [6, 6.07) is 15.4. The summed E-state index contributed by atoms with van der Waals surface area (Å²) in [6.45, 7) is 2.63. The molecule has 0 saturated carbocycles. The number of hydrogen-bond donors (Lipinski definition) is 1. The maximum absolute atomic E-state index is 12.4. The van der Waals surface area contributed by atoms with E-state index in [1.54, 1.807) is 7.11 Å². The molecule has 0 spiro atoms. The molecule has 170 valence electrons. The Kier molecular flexibility index (Phi) is 8.55. The van der Waals surface area contributed by atoms with Crippen LogP contribution in [0.4, 0.5) is 0 Å². The van der Waals surface area contributed by atoms with Gasteiger partial charge in [0.1, 0.15) is 5.75 Å². The zero-order valence-corrected chi connectivity index (χ0v) is 20.3. The normalized spacial score (nSPS) is 12.1. The lowest BCUT2D eigenvalue weighted by atomic mass is 10.1. The number of nitrogens with zero attached hydrogens (tertiary/aromatic N) is 4. The van der Waals surface area contributed by atoms with E-state index in [4.69, 9.17) is 16.3 Å². The van der Waals surface area contributed by atoms with Gasteiger partial charge < -0.3 is 10.1 Å². The Balaban J connectivity index is 1.63. The Labute approximate surface area is 198 Å². The first kappa shape index (κ1) is 24.1. The molecule has 0 fully saturated rings. The quantitative estimate of drug-likeness (QED) is 0.449. The van der Waals surface area contributed by atoms with Gasteiger partial charge in [0.2, 0.25) is 5.91 Å². The van der Waals surface area contributed by atoms with Crippen molar-refractivity contribution in [3.63, 3.8) is 0 Å². The van der Waals surface area contributed by atoms with E-state index in [1.165, 1.54) is 11.8 Å². The minimum atomic E-state index is -0.0450. The molecule has 0 aliphatic heterocycles. The first-order valence-corrected chi connectivity index (χ1v) is 11.7. The number of halogens is 1. The average molecular weight is 474 g/mol. The van der Waals surface area contributed by atoms with Crippen molar-refractivity contribution in [2.45, 2.75) is 24.5 Å². The Bertz CT molecular complexity index is 1020. The van der Waals surface area contributed by atoms with Gasteiger partial charge in [0.25, 0.3) is 0 Å². The van der Waals surface area contributed by atoms with Gasteiger partial charge >= 0.3 is 0 Å². The fourth-order valence-electron chi connectivity index (χ4n) is 3.03. The second-order valence-corrected chi connectivity index (χ2v) is 8.91. The molecule has 0 bridgehead atoms. The van der Waals surface area contributed by atoms with Crippen LogP contribution in [0.15, 0.2) is 53.7 Å². The molecule has 3 rings (SSSR count). The lowest BCUT2D eigenvalue weighted by molar-refractivity contribution is -0.118. The number of carbonyl (C=O) groups excluding carboxylic acids is 1. The van der Waals surface area contributed by atoms with Crippen LogP contribution in [0.5, 0.6) is 5.75 Å². The Morgan fingerprint density at radius 2 is 1.84 bits per heavy atom. The third-order valence-corrected chi connectivity index (χ3v) is 6.30. The second kappa shape index (κ2) is 11.4. The number of benzene rings is 2. The van der Waals surface area contributed by atoms with Gasteiger partial charge in [0.05, 0.1) is 18.9 Å². The number of amides is 1. The molecule has 0 aliphatic rings. The minimum absolute atomic E-state index is 0.0450. The standard InChI is InChI=1S/C23H28ClN5O2S/c1-16(28(2)3)22-26-27-23(29(22)19-9-7-18(24)8-10-19)32-15-21(30)25-14-13-17-5-11-20(31-4)12-6-17/h5-12,16H,13-15H2,1-4H3,(H,25,30). The van der Waals surface area contributed by atoms with E-state index in [0.29, 0.717) is 16.7 Å². The van der Waals surface area contributed by atoms with Crippen molar-refractivity contribution in [1.29, 1.82) is 0 Å². The van der Waals surface area contributed by atoms with Crippen LogP contribution < -0.4 is 10.1 Å². The molecule has 0 saturated heterocycles. The molecule has 0 radical (unpaired) electrons. The van der Waals surface area contributed by atoms with Crippen molar-refractivity contribution in [2.24, 2.45) is 0 Å². The summed E-state index contributed by atoms with van der Waals surface area (Å²) in [6.07, 6.45) is 0.756. The second-order valence-electron chi connectivity index (χ2n) is 7.53. The van der Waals surface area contributed by atoms with Gasteiger partial charge in [0.15, 0.2) is 11.0 Å². The van der Waals surface area contributed by atoms with Crippen molar-refractivity contribution >= 4 is 29.3 Å². The van der Waals surface area contributed by atoms with E-state index in [-0.39, 0.29) is 17.7 Å². The average Bonchev–Trinajstić information content (AvgIpc) is 3.22. The van der Waals surface area contributed by atoms with Gasteiger partial charge in [0, 0.05) is 17.3 Å². The fourth-order valence-corrected chi connectivity index (χ4v) is 3.94. The van der Waals surface area contributed by atoms with Crippen LogP contribution in [-0.4, -0.2) is 59.1 Å². The highest BCUT2D eigenvalue weighted by molar-refractivity contribution is 7.99. The zero-order valence-electron chi connectivity index (χ0n) is 18.7. The van der Waals surface area contributed by atoms with Crippen molar-refractivity contribution < 1.29 is 9.53 Å². The van der Waals surface area contributed by atoms with E-state index in [2.05, 4.69) is 27.3 Å².